The monoisotopic (exact) mass is 422 g/mol. The summed E-state index contributed by atoms with van der Waals surface area (Å²) in [5.41, 5.74) is 3.29. The van der Waals surface area contributed by atoms with Crippen molar-refractivity contribution < 1.29 is 9.53 Å². The van der Waals surface area contributed by atoms with Crippen molar-refractivity contribution in [2.45, 2.75) is 39.5 Å². The molecule has 1 aliphatic heterocycles. The Kier molecular flexibility index (Phi) is 5.99. The van der Waals surface area contributed by atoms with Crippen molar-refractivity contribution >= 4 is 28.2 Å². The van der Waals surface area contributed by atoms with E-state index >= 15 is 0 Å². The predicted octanol–water partition coefficient (Wildman–Crippen LogP) is 5.42. The topological polar surface area (TPSA) is 67.4 Å². The van der Waals surface area contributed by atoms with Gasteiger partial charge >= 0.3 is 0 Å². The summed E-state index contributed by atoms with van der Waals surface area (Å²) in [6.45, 7) is 7.33. The van der Waals surface area contributed by atoms with Crippen molar-refractivity contribution in [1.29, 1.82) is 0 Å². The zero-order valence-corrected chi connectivity index (χ0v) is 18.3. The number of hydrogen-bond acceptors (Lipinski definition) is 6. The average molecular weight is 423 g/mol. The molecule has 0 aliphatic carbocycles. The Hall–Kier alpha value is -2.93. The van der Waals surface area contributed by atoms with E-state index in [9.17, 15) is 4.79 Å². The van der Waals surface area contributed by atoms with Gasteiger partial charge in [-0.25, -0.2) is 9.97 Å². The van der Waals surface area contributed by atoms with E-state index < -0.39 is 0 Å². The third-order valence-corrected chi connectivity index (χ3v) is 6.25. The molecule has 30 heavy (non-hydrogen) atoms. The summed E-state index contributed by atoms with van der Waals surface area (Å²) in [6.07, 6.45) is 3.65. The molecule has 3 heterocycles. The fourth-order valence-electron chi connectivity index (χ4n) is 3.75. The molecular weight excluding hydrogens is 396 g/mol. The first-order valence-electron chi connectivity index (χ1n) is 10.2. The predicted molar refractivity (Wildman–Crippen MR) is 120 cm³/mol. The second-order valence-electron chi connectivity index (χ2n) is 7.68. The summed E-state index contributed by atoms with van der Waals surface area (Å²) < 4.78 is 6.12. The number of carbonyl (C=O) groups excluding carboxylic acids is 1. The van der Waals surface area contributed by atoms with Crippen molar-refractivity contribution in [3.63, 3.8) is 0 Å². The first-order chi connectivity index (χ1) is 14.5. The number of likely N-dealkylation sites (tertiary alicyclic amines) is 1. The number of nitrogens with one attached hydrogen (secondary N) is 1. The molecule has 0 unspecified atom stereocenters. The summed E-state index contributed by atoms with van der Waals surface area (Å²) in [5, 5.41) is 6.22. The van der Waals surface area contributed by atoms with Crippen LogP contribution in [0.3, 0.4) is 0 Å². The number of anilines is 2. The van der Waals surface area contributed by atoms with Crippen molar-refractivity contribution in [1.82, 2.24) is 14.9 Å². The molecule has 2 aromatic heterocycles. The molecule has 1 saturated heterocycles. The number of thiazole rings is 1. The lowest BCUT2D eigenvalue weighted by atomic mass is 9.94. The molecular formula is C23H26N4O2S. The molecule has 0 bridgehead atoms. The van der Waals surface area contributed by atoms with Gasteiger partial charge in [0.15, 0.2) is 5.13 Å². The summed E-state index contributed by atoms with van der Waals surface area (Å²) in [5.74, 6) is 2.87. The van der Waals surface area contributed by atoms with Gasteiger partial charge < -0.3 is 15.0 Å². The highest BCUT2D eigenvalue weighted by Crippen LogP contribution is 2.33. The van der Waals surface area contributed by atoms with E-state index in [0.717, 1.165) is 59.4 Å². The standard InChI is InChI=1S/C23H26N4O2S/c1-15-5-4-6-16(2)22(15)29-19-7-10-24-21(13-19)26-23-25-20(14-30-23)18-8-11-27(12-9-18)17(3)28/h4-7,10,13-14,18H,8-9,11-12H2,1-3H3,(H,24,25,26). The lowest BCUT2D eigenvalue weighted by Crippen LogP contribution is -2.36. The summed E-state index contributed by atoms with van der Waals surface area (Å²) in [6, 6.07) is 9.86. The smallest absolute Gasteiger partial charge is 0.219 e. The highest BCUT2D eigenvalue weighted by atomic mass is 32.1. The number of carbonyl (C=O) groups is 1. The van der Waals surface area contributed by atoms with E-state index in [1.807, 2.05) is 49.1 Å². The number of pyridine rings is 1. The number of para-hydroxylation sites is 1. The van der Waals surface area contributed by atoms with Crippen LogP contribution in [0.25, 0.3) is 0 Å². The van der Waals surface area contributed by atoms with Gasteiger partial charge in [-0.3, -0.25) is 4.79 Å². The number of piperidine rings is 1. The molecule has 1 N–H and O–H groups in total. The molecule has 1 fully saturated rings. The number of rotatable bonds is 5. The molecule has 156 valence electrons. The molecule has 1 amide bonds. The van der Waals surface area contributed by atoms with Gasteiger partial charge in [0.05, 0.1) is 5.69 Å². The van der Waals surface area contributed by atoms with E-state index in [2.05, 4.69) is 15.7 Å². The molecule has 4 rings (SSSR count). The number of aryl methyl sites for hydroxylation is 2. The number of benzene rings is 1. The van der Waals surface area contributed by atoms with Crippen molar-refractivity contribution in [2.75, 3.05) is 18.4 Å². The zero-order chi connectivity index (χ0) is 21.1. The second-order valence-corrected chi connectivity index (χ2v) is 8.54. The van der Waals surface area contributed by atoms with Crippen LogP contribution in [0.15, 0.2) is 41.9 Å². The van der Waals surface area contributed by atoms with Crippen molar-refractivity contribution in [3.05, 3.63) is 58.7 Å². The molecule has 0 atom stereocenters. The first kappa shape index (κ1) is 20.3. The molecule has 6 nitrogen and oxygen atoms in total. The van der Waals surface area contributed by atoms with Gasteiger partial charge in [0.25, 0.3) is 0 Å². The van der Waals surface area contributed by atoms with Crippen LogP contribution in [0.4, 0.5) is 10.9 Å². The van der Waals surface area contributed by atoms with E-state index in [-0.39, 0.29) is 5.91 Å². The Morgan fingerprint density at radius 2 is 1.93 bits per heavy atom. The van der Waals surface area contributed by atoms with E-state index in [4.69, 9.17) is 9.72 Å². The summed E-state index contributed by atoms with van der Waals surface area (Å²) in [4.78, 5) is 22.6. The summed E-state index contributed by atoms with van der Waals surface area (Å²) >= 11 is 1.58. The Bertz CT molecular complexity index is 1020. The number of hydrogen-bond donors (Lipinski definition) is 1. The number of amides is 1. The largest absolute Gasteiger partial charge is 0.457 e. The van der Waals surface area contributed by atoms with Crippen LogP contribution in [-0.2, 0) is 4.79 Å². The molecule has 1 aliphatic rings. The molecule has 7 heteroatoms. The fraction of sp³-hybridized carbons (Fsp3) is 0.348. The van der Waals surface area contributed by atoms with Gasteiger partial charge in [-0.1, -0.05) is 18.2 Å². The van der Waals surface area contributed by atoms with Crippen LogP contribution >= 0.6 is 11.3 Å². The lowest BCUT2D eigenvalue weighted by molar-refractivity contribution is -0.129. The minimum absolute atomic E-state index is 0.156. The van der Waals surface area contributed by atoms with Crippen LogP contribution in [0.2, 0.25) is 0 Å². The third-order valence-electron chi connectivity index (χ3n) is 5.48. The highest BCUT2D eigenvalue weighted by Gasteiger charge is 2.23. The Labute approximate surface area is 180 Å². The van der Waals surface area contributed by atoms with Crippen LogP contribution in [0, 0.1) is 13.8 Å². The maximum absolute atomic E-state index is 11.5. The van der Waals surface area contributed by atoms with Crippen molar-refractivity contribution in [2.24, 2.45) is 0 Å². The first-order valence-corrected chi connectivity index (χ1v) is 11.1. The van der Waals surface area contributed by atoms with Gasteiger partial charge in [-0.2, -0.15) is 0 Å². The maximum atomic E-state index is 11.5. The maximum Gasteiger partial charge on any atom is 0.219 e. The van der Waals surface area contributed by atoms with Crippen LogP contribution < -0.4 is 10.1 Å². The number of nitrogens with zero attached hydrogens (tertiary/aromatic N) is 3. The summed E-state index contributed by atoms with van der Waals surface area (Å²) in [7, 11) is 0. The van der Waals surface area contributed by atoms with Gasteiger partial charge in [-0.15, -0.1) is 11.3 Å². The van der Waals surface area contributed by atoms with E-state index in [0.29, 0.717) is 11.7 Å². The average Bonchev–Trinajstić information content (AvgIpc) is 3.20. The normalized spacial score (nSPS) is 14.6. The lowest BCUT2D eigenvalue weighted by Gasteiger charge is -2.30. The zero-order valence-electron chi connectivity index (χ0n) is 17.5. The number of ether oxygens (including phenoxy) is 1. The van der Waals surface area contributed by atoms with E-state index in [1.54, 1.807) is 24.5 Å². The quantitative estimate of drug-likeness (QED) is 0.595. The SMILES string of the molecule is CC(=O)N1CCC(c2csc(Nc3cc(Oc4c(C)cccc4C)ccn3)n2)CC1. The third kappa shape index (κ3) is 4.62. The Morgan fingerprint density at radius 3 is 2.63 bits per heavy atom. The molecule has 3 aromatic rings. The molecule has 0 saturated carbocycles. The van der Waals surface area contributed by atoms with Crippen LogP contribution in [-0.4, -0.2) is 33.9 Å². The Morgan fingerprint density at radius 1 is 1.20 bits per heavy atom. The molecule has 0 radical (unpaired) electrons. The van der Waals surface area contributed by atoms with Gasteiger partial charge in [-0.05, 0) is 43.9 Å². The van der Waals surface area contributed by atoms with Gasteiger partial charge in [0.2, 0.25) is 5.91 Å². The van der Waals surface area contributed by atoms with E-state index in [1.165, 1.54) is 0 Å². The highest BCUT2D eigenvalue weighted by molar-refractivity contribution is 7.13. The minimum Gasteiger partial charge on any atom is -0.457 e. The fourth-order valence-corrected chi connectivity index (χ4v) is 4.55. The minimum atomic E-state index is 0.156. The second kappa shape index (κ2) is 8.83. The van der Waals surface area contributed by atoms with Crippen LogP contribution in [0.1, 0.15) is 42.5 Å². The Balaban J connectivity index is 1.42. The number of aromatic nitrogens is 2. The molecule has 0 spiro atoms. The van der Waals surface area contributed by atoms with Gasteiger partial charge in [0, 0.05) is 43.6 Å². The van der Waals surface area contributed by atoms with Gasteiger partial charge in [0.1, 0.15) is 17.3 Å². The van der Waals surface area contributed by atoms with Crippen LogP contribution in [0.5, 0.6) is 11.5 Å². The van der Waals surface area contributed by atoms with Crippen molar-refractivity contribution in [3.8, 4) is 11.5 Å². The molecule has 1 aromatic carbocycles.